The summed E-state index contributed by atoms with van der Waals surface area (Å²) in [5.74, 6) is -0.0531. The lowest BCUT2D eigenvalue weighted by molar-refractivity contribution is 0.0963. The van der Waals surface area contributed by atoms with Gasteiger partial charge >= 0.3 is 0 Å². The second-order valence-electron chi connectivity index (χ2n) is 5.65. The monoisotopic (exact) mass is 331 g/mol. The Morgan fingerprint density at radius 3 is 2.65 bits per heavy atom. The van der Waals surface area contributed by atoms with Gasteiger partial charge in [-0.1, -0.05) is 18.2 Å². The van der Waals surface area contributed by atoms with Crippen LogP contribution in [0.5, 0.6) is 0 Å². The first-order chi connectivity index (χ1) is 10.7. The molecule has 0 atom stereocenters. The molecule has 0 saturated carbocycles. The number of amides is 1. The molecule has 4 nitrogen and oxygen atoms in total. The minimum atomic E-state index is -0.0531. The fraction of sp³-hybridized carbons (Fsp3) is 0.278. The SMILES string of the molecule is CNC(=O)c1ccc(CN2CCCc3c(N)cccc32)cc1.Cl. The Morgan fingerprint density at radius 2 is 1.96 bits per heavy atom. The van der Waals surface area contributed by atoms with Crippen molar-refractivity contribution in [1.29, 1.82) is 0 Å². The topological polar surface area (TPSA) is 58.4 Å². The van der Waals surface area contributed by atoms with Crippen LogP contribution in [-0.2, 0) is 13.0 Å². The number of nitrogens with two attached hydrogens (primary N) is 1. The van der Waals surface area contributed by atoms with Crippen molar-refractivity contribution < 1.29 is 4.79 Å². The second kappa shape index (κ2) is 7.38. The van der Waals surface area contributed by atoms with Crippen LogP contribution in [0.15, 0.2) is 42.5 Å². The molecule has 0 bridgehead atoms. The summed E-state index contributed by atoms with van der Waals surface area (Å²) in [6, 6.07) is 13.9. The summed E-state index contributed by atoms with van der Waals surface area (Å²) in [7, 11) is 1.64. The Morgan fingerprint density at radius 1 is 1.22 bits per heavy atom. The largest absolute Gasteiger partial charge is 0.398 e. The van der Waals surface area contributed by atoms with Crippen LogP contribution in [0.4, 0.5) is 11.4 Å². The van der Waals surface area contributed by atoms with Crippen molar-refractivity contribution in [1.82, 2.24) is 5.32 Å². The molecule has 0 spiro atoms. The third kappa shape index (κ3) is 3.59. The Kier molecular flexibility index (Phi) is 5.50. The summed E-state index contributed by atoms with van der Waals surface area (Å²) >= 11 is 0. The van der Waals surface area contributed by atoms with Crippen molar-refractivity contribution in [3.63, 3.8) is 0 Å². The van der Waals surface area contributed by atoms with Gasteiger partial charge in [0.15, 0.2) is 0 Å². The number of hydrogen-bond donors (Lipinski definition) is 2. The summed E-state index contributed by atoms with van der Waals surface area (Å²) in [5.41, 5.74) is 11.4. The third-order valence-electron chi connectivity index (χ3n) is 4.20. The maximum atomic E-state index is 11.6. The summed E-state index contributed by atoms with van der Waals surface area (Å²) in [6.07, 6.45) is 2.17. The molecule has 0 aromatic heterocycles. The van der Waals surface area contributed by atoms with Crippen LogP contribution in [0, 0.1) is 0 Å². The van der Waals surface area contributed by atoms with E-state index in [-0.39, 0.29) is 18.3 Å². The predicted molar refractivity (Wildman–Crippen MR) is 97.3 cm³/mol. The summed E-state index contributed by atoms with van der Waals surface area (Å²) in [5, 5.41) is 2.64. The number of carbonyl (C=O) groups is 1. The smallest absolute Gasteiger partial charge is 0.251 e. The Balaban J connectivity index is 0.00000192. The van der Waals surface area contributed by atoms with Crippen molar-refractivity contribution in [2.24, 2.45) is 0 Å². The van der Waals surface area contributed by atoms with Crippen LogP contribution in [0.1, 0.15) is 27.9 Å². The molecule has 0 radical (unpaired) electrons. The molecule has 2 aromatic rings. The summed E-state index contributed by atoms with van der Waals surface area (Å²) in [4.78, 5) is 13.9. The van der Waals surface area contributed by atoms with Crippen LogP contribution in [0.3, 0.4) is 0 Å². The third-order valence-corrected chi connectivity index (χ3v) is 4.20. The van der Waals surface area contributed by atoms with Crippen molar-refractivity contribution in [3.8, 4) is 0 Å². The molecule has 3 N–H and O–H groups in total. The van der Waals surface area contributed by atoms with E-state index in [1.807, 2.05) is 36.4 Å². The maximum Gasteiger partial charge on any atom is 0.251 e. The number of halogens is 1. The van der Waals surface area contributed by atoms with Gasteiger partial charge in [0.2, 0.25) is 0 Å². The summed E-state index contributed by atoms with van der Waals surface area (Å²) in [6.45, 7) is 1.87. The normalized spacial score (nSPS) is 13.0. The van der Waals surface area contributed by atoms with Gasteiger partial charge < -0.3 is 16.0 Å². The number of rotatable bonds is 3. The minimum Gasteiger partial charge on any atom is -0.398 e. The van der Waals surface area contributed by atoms with Crippen LogP contribution < -0.4 is 16.0 Å². The van der Waals surface area contributed by atoms with E-state index >= 15 is 0 Å². The highest BCUT2D eigenvalue weighted by Gasteiger charge is 2.18. The summed E-state index contributed by atoms with van der Waals surface area (Å²) < 4.78 is 0. The molecule has 1 aliphatic heterocycles. The Bertz CT molecular complexity index is 685. The first-order valence-corrected chi connectivity index (χ1v) is 7.62. The van der Waals surface area contributed by atoms with Gasteiger partial charge in [0.1, 0.15) is 0 Å². The van der Waals surface area contributed by atoms with Gasteiger partial charge in [0.25, 0.3) is 5.91 Å². The number of carbonyl (C=O) groups excluding carboxylic acids is 1. The molecule has 23 heavy (non-hydrogen) atoms. The van der Waals surface area contributed by atoms with Gasteiger partial charge in [-0.2, -0.15) is 0 Å². The molecule has 5 heteroatoms. The average molecular weight is 332 g/mol. The van der Waals surface area contributed by atoms with Gasteiger partial charge in [-0.05, 0) is 48.2 Å². The average Bonchev–Trinajstić information content (AvgIpc) is 2.56. The van der Waals surface area contributed by atoms with Crippen LogP contribution in [0.2, 0.25) is 0 Å². The molecular weight excluding hydrogens is 310 g/mol. The van der Waals surface area contributed by atoms with E-state index in [0.717, 1.165) is 31.6 Å². The molecule has 0 fully saturated rings. The van der Waals surface area contributed by atoms with Gasteiger partial charge in [0, 0.05) is 37.1 Å². The zero-order valence-corrected chi connectivity index (χ0v) is 14.0. The highest BCUT2D eigenvalue weighted by molar-refractivity contribution is 5.93. The van der Waals surface area contributed by atoms with E-state index in [9.17, 15) is 4.79 Å². The quantitative estimate of drug-likeness (QED) is 0.850. The number of hydrogen-bond acceptors (Lipinski definition) is 3. The van der Waals surface area contributed by atoms with Crippen LogP contribution >= 0.6 is 12.4 Å². The second-order valence-corrected chi connectivity index (χ2v) is 5.65. The molecule has 0 unspecified atom stereocenters. The van der Waals surface area contributed by atoms with Crippen LogP contribution in [0.25, 0.3) is 0 Å². The van der Waals surface area contributed by atoms with Crippen molar-refractivity contribution in [2.45, 2.75) is 19.4 Å². The number of benzene rings is 2. The molecule has 0 aliphatic carbocycles. The van der Waals surface area contributed by atoms with E-state index in [1.54, 1.807) is 7.05 Å². The lowest BCUT2D eigenvalue weighted by atomic mass is 9.99. The van der Waals surface area contributed by atoms with E-state index in [0.29, 0.717) is 5.56 Å². The number of nitrogens with one attached hydrogen (secondary N) is 1. The van der Waals surface area contributed by atoms with Crippen molar-refractivity contribution in [2.75, 3.05) is 24.2 Å². The number of nitrogen functional groups attached to an aromatic ring is 1. The highest BCUT2D eigenvalue weighted by Crippen LogP contribution is 2.32. The Hall–Kier alpha value is -2.20. The van der Waals surface area contributed by atoms with Crippen molar-refractivity contribution >= 4 is 29.7 Å². The number of fused-ring (bicyclic) bond motifs is 1. The molecule has 1 heterocycles. The first-order valence-electron chi connectivity index (χ1n) is 7.62. The van der Waals surface area contributed by atoms with E-state index in [4.69, 9.17) is 5.73 Å². The minimum absolute atomic E-state index is 0. The predicted octanol–water partition coefficient (Wildman–Crippen LogP) is 3.00. The zero-order chi connectivity index (χ0) is 15.5. The van der Waals surface area contributed by atoms with Crippen LogP contribution in [-0.4, -0.2) is 19.5 Å². The number of anilines is 2. The van der Waals surface area contributed by atoms with Gasteiger partial charge in [-0.15, -0.1) is 12.4 Å². The van der Waals surface area contributed by atoms with E-state index < -0.39 is 0 Å². The molecule has 1 amide bonds. The molecule has 122 valence electrons. The zero-order valence-electron chi connectivity index (χ0n) is 13.2. The van der Waals surface area contributed by atoms with Gasteiger partial charge in [-0.3, -0.25) is 4.79 Å². The lowest BCUT2D eigenvalue weighted by Gasteiger charge is -2.32. The molecule has 3 rings (SSSR count). The molecule has 1 aliphatic rings. The fourth-order valence-electron chi connectivity index (χ4n) is 3.02. The lowest BCUT2D eigenvalue weighted by Crippen LogP contribution is -2.29. The van der Waals surface area contributed by atoms with E-state index in [1.165, 1.54) is 16.8 Å². The molecule has 0 saturated heterocycles. The Labute approximate surface area is 143 Å². The fourth-order valence-corrected chi connectivity index (χ4v) is 3.02. The van der Waals surface area contributed by atoms with Gasteiger partial charge in [0.05, 0.1) is 0 Å². The van der Waals surface area contributed by atoms with E-state index in [2.05, 4.69) is 16.3 Å². The first kappa shape index (κ1) is 17.2. The highest BCUT2D eigenvalue weighted by atomic mass is 35.5. The maximum absolute atomic E-state index is 11.6. The molecule has 2 aromatic carbocycles. The number of nitrogens with zero attached hydrogens (tertiary/aromatic N) is 1. The van der Waals surface area contributed by atoms with Gasteiger partial charge in [-0.25, -0.2) is 0 Å². The van der Waals surface area contributed by atoms with Crippen molar-refractivity contribution in [3.05, 3.63) is 59.2 Å². The standard InChI is InChI=1S/C18H21N3O.ClH/c1-20-18(22)14-9-7-13(8-10-14)12-21-11-3-4-15-16(19)5-2-6-17(15)21;/h2,5-10H,3-4,11-12,19H2,1H3,(H,20,22);1H. The molecular formula is C18H22ClN3O.